The molecule has 1 atom stereocenters. The van der Waals surface area contributed by atoms with E-state index < -0.39 is 0 Å². The number of anilines is 2. The van der Waals surface area contributed by atoms with Crippen LogP contribution in [0.4, 0.5) is 11.4 Å². The Morgan fingerprint density at radius 2 is 1.39 bits per heavy atom. The van der Waals surface area contributed by atoms with E-state index in [0.29, 0.717) is 0 Å². The van der Waals surface area contributed by atoms with Gasteiger partial charge in [-0.25, -0.2) is 0 Å². The molecule has 0 aliphatic rings. The van der Waals surface area contributed by atoms with Gasteiger partial charge in [-0.15, -0.1) is 0 Å². The van der Waals surface area contributed by atoms with Gasteiger partial charge in [0.25, 0.3) is 0 Å². The summed E-state index contributed by atoms with van der Waals surface area (Å²) in [6, 6.07) is 20.6. The second-order valence-corrected chi connectivity index (χ2v) is 4.17. The zero-order chi connectivity index (χ0) is 12.6. The average molecular weight is 238 g/mol. The number of nitrogens with one attached hydrogen (secondary N) is 2. The molecule has 0 radical (unpaired) electrons. The molecule has 2 nitrogen and oxygen atoms in total. The Hall–Kier alpha value is -2.22. The van der Waals surface area contributed by atoms with Crippen LogP contribution >= 0.6 is 0 Å². The van der Waals surface area contributed by atoms with Gasteiger partial charge in [-0.05, 0) is 43.5 Å². The third kappa shape index (κ3) is 3.98. The Morgan fingerprint density at radius 1 is 0.833 bits per heavy atom. The molecule has 92 valence electrons. The van der Waals surface area contributed by atoms with Crippen LogP contribution in [0.25, 0.3) is 0 Å². The van der Waals surface area contributed by atoms with Crippen molar-refractivity contribution in [2.45, 2.75) is 13.0 Å². The minimum Gasteiger partial charge on any atom is -0.379 e. The van der Waals surface area contributed by atoms with E-state index in [-0.39, 0.29) is 6.04 Å². The van der Waals surface area contributed by atoms with E-state index in [1.807, 2.05) is 54.7 Å². The lowest BCUT2D eigenvalue weighted by atomic mass is 10.2. The molecule has 2 aromatic rings. The van der Waals surface area contributed by atoms with Gasteiger partial charge in [0.1, 0.15) is 0 Å². The fourth-order valence-electron chi connectivity index (χ4n) is 1.67. The molecule has 0 fully saturated rings. The molecule has 0 saturated carbocycles. The maximum Gasteiger partial charge on any atom is 0.0433 e. The van der Waals surface area contributed by atoms with Crippen LogP contribution in [0.1, 0.15) is 6.92 Å². The number of para-hydroxylation sites is 2. The standard InChI is InChI=1S/C16H18N2/c1-14(18-16-10-6-3-7-11-16)12-13-17-15-8-4-2-5-9-15/h2-14,17-18H,1H3/b13-12-/t14-/m0/s1. The van der Waals surface area contributed by atoms with E-state index in [1.165, 1.54) is 0 Å². The minimum absolute atomic E-state index is 0.281. The summed E-state index contributed by atoms with van der Waals surface area (Å²) < 4.78 is 0. The van der Waals surface area contributed by atoms with Crippen LogP contribution in [-0.2, 0) is 0 Å². The predicted molar refractivity (Wildman–Crippen MR) is 78.7 cm³/mol. The first-order chi connectivity index (χ1) is 8.84. The molecule has 0 bridgehead atoms. The van der Waals surface area contributed by atoms with Crippen LogP contribution in [0.3, 0.4) is 0 Å². The number of benzene rings is 2. The van der Waals surface area contributed by atoms with Crippen molar-refractivity contribution in [1.82, 2.24) is 0 Å². The average Bonchev–Trinajstić information content (AvgIpc) is 2.41. The molecule has 18 heavy (non-hydrogen) atoms. The smallest absolute Gasteiger partial charge is 0.0433 e. The first-order valence-corrected chi connectivity index (χ1v) is 6.14. The van der Waals surface area contributed by atoms with E-state index in [9.17, 15) is 0 Å². The van der Waals surface area contributed by atoms with Gasteiger partial charge < -0.3 is 10.6 Å². The maximum absolute atomic E-state index is 3.40. The van der Waals surface area contributed by atoms with E-state index in [1.54, 1.807) is 0 Å². The monoisotopic (exact) mass is 238 g/mol. The van der Waals surface area contributed by atoms with Crippen molar-refractivity contribution >= 4 is 11.4 Å². The first kappa shape index (κ1) is 12.2. The molecule has 0 heterocycles. The fourth-order valence-corrected chi connectivity index (χ4v) is 1.67. The van der Waals surface area contributed by atoms with E-state index in [0.717, 1.165) is 11.4 Å². The van der Waals surface area contributed by atoms with Crippen molar-refractivity contribution in [2.75, 3.05) is 10.6 Å². The summed E-state index contributed by atoms with van der Waals surface area (Å²) in [5.74, 6) is 0. The summed E-state index contributed by atoms with van der Waals surface area (Å²) >= 11 is 0. The predicted octanol–water partition coefficient (Wildman–Crippen LogP) is 4.11. The highest BCUT2D eigenvalue weighted by molar-refractivity contribution is 5.46. The topological polar surface area (TPSA) is 24.1 Å². The molecular weight excluding hydrogens is 220 g/mol. The van der Waals surface area contributed by atoms with Gasteiger partial charge in [0.05, 0.1) is 0 Å². The highest BCUT2D eigenvalue weighted by Gasteiger charge is 1.95. The Balaban J connectivity index is 1.82. The summed E-state index contributed by atoms with van der Waals surface area (Å²) in [7, 11) is 0. The summed E-state index contributed by atoms with van der Waals surface area (Å²) in [6.07, 6.45) is 4.07. The molecular formula is C16H18N2. The molecule has 0 aliphatic heterocycles. The van der Waals surface area contributed by atoms with Crippen LogP contribution in [0.5, 0.6) is 0 Å². The van der Waals surface area contributed by atoms with Gasteiger partial charge >= 0.3 is 0 Å². The van der Waals surface area contributed by atoms with Crippen LogP contribution in [0.15, 0.2) is 72.9 Å². The van der Waals surface area contributed by atoms with Crippen molar-refractivity contribution in [3.63, 3.8) is 0 Å². The molecule has 2 rings (SSSR count). The third-order valence-electron chi connectivity index (χ3n) is 2.58. The Morgan fingerprint density at radius 3 is 2.00 bits per heavy atom. The molecule has 0 aliphatic carbocycles. The number of hydrogen-bond donors (Lipinski definition) is 2. The maximum atomic E-state index is 3.40. The van der Waals surface area contributed by atoms with Gasteiger partial charge in [-0.2, -0.15) is 0 Å². The second kappa shape index (κ2) is 6.50. The molecule has 2 heteroatoms. The van der Waals surface area contributed by atoms with Crippen molar-refractivity contribution in [2.24, 2.45) is 0 Å². The van der Waals surface area contributed by atoms with Gasteiger partial charge in [0.2, 0.25) is 0 Å². The molecule has 2 aromatic carbocycles. The highest BCUT2D eigenvalue weighted by Crippen LogP contribution is 2.08. The van der Waals surface area contributed by atoms with E-state index in [2.05, 4.69) is 35.8 Å². The largest absolute Gasteiger partial charge is 0.379 e. The summed E-state index contributed by atoms with van der Waals surface area (Å²) in [6.45, 7) is 2.12. The summed E-state index contributed by atoms with van der Waals surface area (Å²) in [5.41, 5.74) is 2.23. The van der Waals surface area contributed by atoms with Gasteiger partial charge in [-0.1, -0.05) is 36.4 Å². The zero-order valence-electron chi connectivity index (χ0n) is 10.5. The lowest BCUT2D eigenvalue weighted by Crippen LogP contribution is -2.12. The number of hydrogen-bond acceptors (Lipinski definition) is 2. The highest BCUT2D eigenvalue weighted by atomic mass is 14.9. The summed E-state index contributed by atoms with van der Waals surface area (Å²) in [4.78, 5) is 0. The molecule has 2 N–H and O–H groups in total. The normalized spacial score (nSPS) is 12.3. The van der Waals surface area contributed by atoms with E-state index >= 15 is 0 Å². The van der Waals surface area contributed by atoms with Crippen molar-refractivity contribution in [1.29, 1.82) is 0 Å². The quantitative estimate of drug-likeness (QED) is 0.819. The Labute approximate surface area is 108 Å². The minimum atomic E-state index is 0.281. The van der Waals surface area contributed by atoms with Crippen molar-refractivity contribution in [3.05, 3.63) is 72.9 Å². The van der Waals surface area contributed by atoms with E-state index in [4.69, 9.17) is 0 Å². The fraction of sp³-hybridized carbons (Fsp3) is 0.125. The van der Waals surface area contributed by atoms with Crippen LogP contribution in [-0.4, -0.2) is 6.04 Å². The third-order valence-corrected chi connectivity index (χ3v) is 2.58. The molecule has 0 aromatic heterocycles. The second-order valence-electron chi connectivity index (χ2n) is 4.17. The lowest BCUT2D eigenvalue weighted by molar-refractivity contribution is 0.996. The summed E-state index contributed by atoms with van der Waals surface area (Å²) in [5, 5.41) is 6.64. The van der Waals surface area contributed by atoms with Gasteiger partial charge in [-0.3, -0.25) is 0 Å². The number of rotatable bonds is 5. The van der Waals surface area contributed by atoms with Crippen molar-refractivity contribution < 1.29 is 0 Å². The molecule has 0 saturated heterocycles. The SMILES string of the molecule is C[C@@H](/C=C\Nc1ccccc1)Nc1ccccc1. The van der Waals surface area contributed by atoms with Crippen LogP contribution in [0.2, 0.25) is 0 Å². The molecule has 0 spiro atoms. The zero-order valence-corrected chi connectivity index (χ0v) is 10.5. The van der Waals surface area contributed by atoms with Gasteiger partial charge in [0, 0.05) is 17.4 Å². The van der Waals surface area contributed by atoms with Crippen LogP contribution < -0.4 is 10.6 Å². The molecule has 0 unspecified atom stereocenters. The molecule has 0 amide bonds. The lowest BCUT2D eigenvalue weighted by Gasteiger charge is -2.11. The first-order valence-electron chi connectivity index (χ1n) is 6.14. The Kier molecular flexibility index (Phi) is 4.42. The van der Waals surface area contributed by atoms with Gasteiger partial charge in [0.15, 0.2) is 0 Å². The van der Waals surface area contributed by atoms with Crippen LogP contribution in [0, 0.1) is 0 Å². The Bertz CT molecular complexity index is 477. The van der Waals surface area contributed by atoms with Crippen molar-refractivity contribution in [3.8, 4) is 0 Å².